The molecule has 6 nitrogen and oxygen atoms in total. The zero-order valence-corrected chi connectivity index (χ0v) is 16.2. The van der Waals surface area contributed by atoms with E-state index in [9.17, 15) is 13.2 Å². The van der Waals surface area contributed by atoms with E-state index in [4.69, 9.17) is 11.6 Å². The Morgan fingerprint density at radius 1 is 1.07 bits per heavy atom. The van der Waals surface area contributed by atoms with Crippen molar-refractivity contribution in [2.24, 2.45) is 0 Å². The van der Waals surface area contributed by atoms with E-state index < -0.39 is 10.0 Å². The summed E-state index contributed by atoms with van der Waals surface area (Å²) < 4.78 is 26.9. The Balaban J connectivity index is 1.62. The highest BCUT2D eigenvalue weighted by Crippen LogP contribution is 2.19. The highest BCUT2D eigenvalue weighted by molar-refractivity contribution is 7.93. The molecule has 0 aliphatic rings. The van der Waals surface area contributed by atoms with Gasteiger partial charge in [0.05, 0.1) is 4.90 Å². The molecule has 138 valence electrons. The number of carbonyl (C=O) groups is 1. The highest BCUT2D eigenvalue weighted by Gasteiger charge is 2.15. The fourth-order valence-electron chi connectivity index (χ4n) is 2.10. The maximum atomic E-state index is 12.3. The Hall–Kier alpha value is -2.68. The van der Waals surface area contributed by atoms with Gasteiger partial charge in [0.15, 0.2) is 10.9 Å². The minimum Gasteiger partial charge on any atom is -0.362 e. The first-order valence-electron chi connectivity index (χ1n) is 7.69. The van der Waals surface area contributed by atoms with Gasteiger partial charge in [-0.15, -0.1) is 11.3 Å². The Bertz CT molecular complexity index is 1050. The summed E-state index contributed by atoms with van der Waals surface area (Å²) in [7, 11) is -3.69. The molecule has 1 aromatic heterocycles. The van der Waals surface area contributed by atoms with Crippen molar-refractivity contribution in [1.82, 2.24) is 4.98 Å². The fraction of sp³-hybridized carbons (Fsp3) is 0. The molecule has 0 bridgehead atoms. The molecule has 2 aromatic carbocycles. The van der Waals surface area contributed by atoms with E-state index in [2.05, 4.69) is 15.0 Å². The first-order valence-corrected chi connectivity index (χ1v) is 10.4. The number of aromatic nitrogens is 1. The molecule has 0 amide bonds. The van der Waals surface area contributed by atoms with E-state index in [0.29, 0.717) is 21.4 Å². The number of allylic oxidation sites excluding steroid dienone is 1. The average Bonchev–Trinajstić information content (AvgIpc) is 3.15. The molecule has 0 aliphatic carbocycles. The number of thiazole rings is 1. The van der Waals surface area contributed by atoms with Crippen LogP contribution in [0.2, 0.25) is 5.02 Å². The van der Waals surface area contributed by atoms with Gasteiger partial charge in [-0.2, -0.15) is 0 Å². The van der Waals surface area contributed by atoms with Crippen LogP contribution in [-0.4, -0.2) is 19.2 Å². The lowest BCUT2D eigenvalue weighted by molar-refractivity contribution is 0.104. The minimum absolute atomic E-state index is 0.115. The summed E-state index contributed by atoms with van der Waals surface area (Å²) in [6, 6.07) is 12.7. The molecule has 3 aromatic rings. The first-order chi connectivity index (χ1) is 12.9. The maximum absolute atomic E-state index is 12.3. The summed E-state index contributed by atoms with van der Waals surface area (Å²) in [6.45, 7) is 0. The molecule has 2 N–H and O–H groups in total. The van der Waals surface area contributed by atoms with Crippen LogP contribution in [0.3, 0.4) is 0 Å². The number of benzene rings is 2. The van der Waals surface area contributed by atoms with Crippen LogP contribution in [0.4, 0.5) is 10.8 Å². The van der Waals surface area contributed by atoms with E-state index in [0.717, 1.165) is 0 Å². The van der Waals surface area contributed by atoms with Gasteiger partial charge in [-0.1, -0.05) is 11.6 Å². The smallest absolute Gasteiger partial charge is 0.263 e. The monoisotopic (exact) mass is 419 g/mol. The third-order valence-electron chi connectivity index (χ3n) is 3.43. The van der Waals surface area contributed by atoms with Crippen molar-refractivity contribution < 1.29 is 13.2 Å². The van der Waals surface area contributed by atoms with Crippen molar-refractivity contribution in [3.05, 3.63) is 83.0 Å². The van der Waals surface area contributed by atoms with E-state index in [1.807, 2.05) is 0 Å². The second-order valence-corrected chi connectivity index (χ2v) is 8.33. The molecule has 0 unspecified atom stereocenters. The predicted octanol–water partition coefficient (Wildman–Crippen LogP) is 4.41. The third kappa shape index (κ3) is 5.16. The highest BCUT2D eigenvalue weighted by atomic mass is 35.5. The van der Waals surface area contributed by atoms with Crippen LogP contribution in [0.5, 0.6) is 0 Å². The van der Waals surface area contributed by atoms with Gasteiger partial charge in [-0.05, 0) is 48.5 Å². The number of nitrogens with one attached hydrogen (secondary N) is 2. The van der Waals surface area contributed by atoms with E-state index in [1.54, 1.807) is 41.8 Å². The van der Waals surface area contributed by atoms with Crippen molar-refractivity contribution in [2.45, 2.75) is 4.90 Å². The number of ketones is 1. The molecule has 1 heterocycles. The van der Waals surface area contributed by atoms with Gasteiger partial charge in [-0.3, -0.25) is 9.52 Å². The average molecular weight is 420 g/mol. The predicted molar refractivity (Wildman–Crippen MR) is 108 cm³/mol. The van der Waals surface area contributed by atoms with Crippen molar-refractivity contribution in [2.75, 3.05) is 10.0 Å². The number of nitrogens with zero attached hydrogens (tertiary/aromatic N) is 1. The van der Waals surface area contributed by atoms with Gasteiger partial charge in [0.2, 0.25) is 0 Å². The molecular weight excluding hydrogens is 406 g/mol. The quantitative estimate of drug-likeness (QED) is 0.437. The van der Waals surface area contributed by atoms with Gasteiger partial charge in [0, 0.05) is 40.1 Å². The molecule has 3 rings (SSSR count). The lowest BCUT2D eigenvalue weighted by atomic mass is 10.1. The SMILES string of the molecule is O=C(/C=C/Nc1ccc(S(=O)(=O)Nc2nccs2)cc1)c1ccc(Cl)cc1. The molecule has 0 aliphatic heterocycles. The minimum atomic E-state index is -3.69. The summed E-state index contributed by atoms with van der Waals surface area (Å²) in [5.41, 5.74) is 1.16. The molecule has 0 fully saturated rings. The summed E-state index contributed by atoms with van der Waals surface area (Å²) in [5, 5.41) is 5.48. The third-order valence-corrected chi connectivity index (χ3v) is 5.86. The summed E-state index contributed by atoms with van der Waals surface area (Å²) in [5.74, 6) is -0.175. The zero-order chi connectivity index (χ0) is 19.3. The van der Waals surface area contributed by atoms with Gasteiger partial charge in [0.25, 0.3) is 10.0 Å². The van der Waals surface area contributed by atoms with Gasteiger partial charge >= 0.3 is 0 Å². The van der Waals surface area contributed by atoms with Crippen LogP contribution in [0.25, 0.3) is 0 Å². The van der Waals surface area contributed by atoms with Gasteiger partial charge in [0.1, 0.15) is 0 Å². The number of halogens is 1. The first kappa shape index (κ1) is 19.1. The van der Waals surface area contributed by atoms with E-state index in [-0.39, 0.29) is 10.7 Å². The topological polar surface area (TPSA) is 88.2 Å². The molecule has 0 spiro atoms. The zero-order valence-electron chi connectivity index (χ0n) is 13.8. The van der Waals surface area contributed by atoms with Crippen molar-refractivity contribution >= 4 is 49.6 Å². The van der Waals surface area contributed by atoms with Crippen molar-refractivity contribution in [3.8, 4) is 0 Å². The van der Waals surface area contributed by atoms with Crippen molar-refractivity contribution in [3.63, 3.8) is 0 Å². The van der Waals surface area contributed by atoms with Crippen LogP contribution in [0.15, 0.2) is 77.3 Å². The fourth-order valence-corrected chi connectivity index (χ4v) is 4.02. The standard InChI is InChI=1S/C18H14ClN3O3S2/c19-14-3-1-13(2-4-14)17(23)9-10-20-15-5-7-16(8-6-15)27(24,25)22-18-21-11-12-26-18/h1-12,20H,(H,21,22)/b10-9+. The van der Waals surface area contributed by atoms with Gasteiger partial charge < -0.3 is 5.32 Å². The number of hydrogen-bond donors (Lipinski definition) is 2. The van der Waals surface area contributed by atoms with Crippen LogP contribution < -0.4 is 10.0 Å². The van der Waals surface area contributed by atoms with E-state index >= 15 is 0 Å². The second kappa shape index (κ2) is 8.34. The Morgan fingerprint density at radius 3 is 2.41 bits per heavy atom. The molecule has 0 atom stereocenters. The molecule has 0 saturated carbocycles. The Morgan fingerprint density at radius 2 is 1.78 bits per heavy atom. The van der Waals surface area contributed by atoms with Crippen molar-refractivity contribution in [1.29, 1.82) is 0 Å². The van der Waals surface area contributed by atoms with Crippen LogP contribution in [0, 0.1) is 0 Å². The Labute approximate surface area is 165 Å². The number of hydrogen-bond acceptors (Lipinski definition) is 6. The largest absolute Gasteiger partial charge is 0.362 e. The summed E-state index contributed by atoms with van der Waals surface area (Å²) in [4.78, 5) is 16.0. The van der Waals surface area contributed by atoms with Gasteiger partial charge in [-0.25, -0.2) is 13.4 Å². The second-order valence-electron chi connectivity index (χ2n) is 5.32. The van der Waals surface area contributed by atoms with Crippen LogP contribution in [0.1, 0.15) is 10.4 Å². The maximum Gasteiger partial charge on any atom is 0.263 e. The molecule has 27 heavy (non-hydrogen) atoms. The number of carbonyl (C=O) groups excluding carboxylic acids is 1. The summed E-state index contributed by atoms with van der Waals surface area (Å²) >= 11 is 6.99. The normalized spacial score (nSPS) is 11.4. The number of anilines is 2. The lowest BCUT2D eigenvalue weighted by Gasteiger charge is -2.06. The molecule has 0 saturated heterocycles. The molecule has 9 heteroatoms. The Kier molecular flexibility index (Phi) is 5.90. The number of rotatable bonds is 7. The molecular formula is C18H14ClN3O3S2. The lowest BCUT2D eigenvalue weighted by Crippen LogP contribution is -2.12. The van der Waals surface area contributed by atoms with Crippen LogP contribution in [-0.2, 0) is 10.0 Å². The van der Waals surface area contributed by atoms with E-state index in [1.165, 1.54) is 41.9 Å². The van der Waals surface area contributed by atoms with Crippen LogP contribution >= 0.6 is 22.9 Å². The summed E-state index contributed by atoms with van der Waals surface area (Å²) in [6.07, 6.45) is 4.40. The molecule has 0 radical (unpaired) electrons. The number of sulfonamides is 1.